The van der Waals surface area contributed by atoms with E-state index in [0.717, 1.165) is 6.42 Å². The lowest BCUT2D eigenvalue weighted by Gasteiger charge is -2.09. The van der Waals surface area contributed by atoms with E-state index in [9.17, 15) is 0 Å². The monoisotopic (exact) mass is 185 g/mol. The predicted molar refractivity (Wildman–Crippen MR) is 49.7 cm³/mol. The van der Waals surface area contributed by atoms with Gasteiger partial charge in [-0.05, 0) is 12.5 Å². The van der Waals surface area contributed by atoms with Gasteiger partial charge < -0.3 is 0 Å². The minimum atomic E-state index is 0.0879. The smallest absolute Gasteiger partial charge is 0.0817 e. The molecule has 0 bridgehead atoms. The standard InChI is InChI=1S/C9H12ClNO/c1-8(12-11-10)7-9-5-3-2-4-6-9/h2-6,8,11H,7H2,1H3. The number of rotatable bonds is 4. The molecule has 1 atom stereocenters. The first-order valence-corrected chi connectivity index (χ1v) is 4.26. The van der Waals surface area contributed by atoms with Crippen LogP contribution in [-0.4, -0.2) is 6.10 Å². The first-order chi connectivity index (χ1) is 5.83. The summed E-state index contributed by atoms with van der Waals surface area (Å²) in [4.78, 5) is 7.12. The quantitative estimate of drug-likeness (QED) is 0.574. The van der Waals surface area contributed by atoms with Crippen LogP contribution in [0.4, 0.5) is 0 Å². The van der Waals surface area contributed by atoms with Crippen molar-refractivity contribution in [1.29, 1.82) is 0 Å². The van der Waals surface area contributed by atoms with E-state index in [1.807, 2.05) is 25.1 Å². The van der Waals surface area contributed by atoms with Gasteiger partial charge in [-0.25, -0.2) is 0 Å². The fourth-order valence-electron chi connectivity index (χ4n) is 1.06. The first kappa shape index (κ1) is 9.52. The van der Waals surface area contributed by atoms with Crippen molar-refractivity contribution in [2.24, 2.45) is 0 Å². The molecule has 0 amide bonds. The van der Waals surface area contributed by atoms with Crippen molar-refractivity contribution in [2.75, 3.05) is 0 Å². The van der Waals surface area contributed by atoms with Crippen molar-refractivity contribution in [3.8, 4) is 0 Å². The summed E-state index contributed by atoms with van der Waals surface area (Å²) in [5, 5.41) is 0. The molecule has 1 unspecified atom stereocenters. The minimum absolute atomic E-state index is 0.0879. The van der Waals surface area contributed by atoms with E-state index in [1.165, 1.54) is 5.56 Å². The average Bonchev–Trinajstić information content (AvgIpc) is 2.06. The second-order valence-corrected chi connectivity index (χ2v) is 2.85. The molecule has 12 heavy (non-hydrogen) atoms. The van der Waals surface area contributed by atoms with Crippen molar-refractivity contribution >= 4 is 11.8 Å². The van der Waals surface area contributed by atoms with Gasteiger partial charge in [0.2, 0.25) is 0 Å². The van der Waals surface area contributed by atoms with Gasteiger partial charge in [-0.15, -0.1) is 5.00 Å². The van der Waals surface area contributed by atoms with Crippen LogP contribution in [0.2, 0.25) is 0 Å². The van der Waals surface area contributed by atoms with Crippen molar-refractivity contribution in [2.45, 2.75) is 19.4 Å². The van der Waals surface area contributed by atoms with Crippen LogP contribution in [0.15, 0.2) is 30.3 Å². The van der Waals surface area contributed by atoms with E-state index in [2.05, 4.69) is 17.1 Å². The van der Waals surface area contributed by atoms with Gasteiger partial charge in [-0.1, -0.05) is 30.3 Å². The lowest BCUT2D eigenvalue weighted by Crippen LogP contribution is -2.16. The highest BCUT2D eigenvalue weighted by Gasteiger charge is 2.01. The highest BCUT2D eigenvalue weighted by molar-refractivity contribution is 6.12. The molecule has 0 aromatic heterocycles. The van der Waals surface area contributed by atoms with E-state index >= 15 is 0 Å². The molecule has 1 aromatic rings. The molecular weight excluding hydrogens is 174 g/mol. The maximum Gasteiger partial charge on any atom is 0.0817 e. The third-order valence-corrected chi connectivity index (χ3v) is 1.70. The number of hydrogen-bond donors (Lipinski definition) is 1. The van der Waals surface area contributed by atoms with Crippen LogP contribution in [0, 0.1) is 0 Å². The zero-order valence-corrected chi connectivity index (χ0v) is 7.71. The molecule has 0 saturated heterocycles. The Morgan fingerprint density at radius 1 is 1.42 bits per heavy atom. The summed E-state index contributed by atoms with van der Waals surface area (Å²) in [5.74, 6) is 0. The lowest BCUT2D eigenvalue weighted by atomic mass is 10.1. The summed E-state index contributed by atoms with van der Waals surface area (Å²) in [6.07, 6.45) is 0.950. The summed E-state index contributed by atoms with van der Waals surface area (Å²) < 4.78 is 0. The Morgan fingerprint density at radius 2 is 2.08 bits per heavy atom. The van der Waals surface area contributed by atoms with Gasteiger partial charge in [0.05, 0.1) is 6.10 Å². The number of hydrogen-bond acceptors (Lipinski definition) is 2. The molecule has 0 heterocycles. The van der Waals surface area contributed by atoms with Crippen LogP contribution in [0.25, 0.3) is 0 Å². The molecule has 0 aliphatic carbocycles. The van der Waals surface area contributed by atoms with Gasteiger partial charge in [0, 0.05) is 18.2 Å². The molecule has 0 aliphatic rings. The Labute approximate surface area is 77.6 Å². The van der Waals surface area contributed by atoms with Crippen LogP contribution in [-0.2, 0) is 11.3 Å². The maximum atomic E-state index is 5.19. The van der Waals surface area contributed by atoms with Gasteiger partial charge >= 0.3 is 0 Å². The normalized spacial score (nSPS) is 12.8. The number of halogens is 1. The predicted octanol–water partition coefficient (Wildman–Crippen LogP) is 2.29. The molecule has 0 spiro atoms. The molecule has 1 N–H and O–H groups in total. The molecule has 2 nitrogen and oxygen atoms in total. The second kappa shape index (κ2) is 5.14. The van der Waals surface area contributed by atoms with Crippen LogP contribution >= 0.6 is 11.8 Å². The molecule has 0 radical (unpaired) electrons. The Morgan fingerprint density at radius 3 is 2.67 bits per heavy atom. The molecular formula is C9H12ClNO. The largest absolute Gasteiger partial charge is 0.283 e. The summed E-state index contributed by atoms with van der Waals surface area (Å²) in [6.45, 7) is 1.96. The Balaban J connectivity index is 2.41. The Bertz CT molecular complexity index is 215. The van der Waals surface area contributed by atoms with Crippen LogP contribution in [0.3, 0.4) is 0 Å². The molecule has 3 heteroatoms. The van der Waals surface area contributed by atoms with Gasteiger partial charge in [0.15, 0.2) is 0 Å². The van der Waals surface area contributed by atoms with Gasteiger partial charge in [-0.2, -0.15) is 0 Å². The van der Waals surface area contributed by atoms with E-state index in [4.69, 9.17) is 16.6 Å². The summed E-state index contributed by atoms with van der Waals surface area (Å²) >= 11 is 5.19. The Kier molecular flexibility index (Phi) is 4.08. The molecule has 1 aromatic carbocycles. The fraction of sp³-hybridized carbons (Fsp3) is 0.333. The van der Waals surface area contributed by atoms with E-state index in [-0.39, 0.29) is 6.10 Å². The molecule has 66 valence electrons. The van der Waals surface area contributed by atoms with E-state index in [0.29, 0.717) is 0 Å². The minimum Gasteiger partial charge on any atom is -0.283 e. The molecule has 0 saturated carbocycles. The van der Waals surface area contributed by atoms with Crippen molar-refractivity contribution in [1.82, 2.24) is 5.00 Å². The first-order valence-electron chi connectivity index (χ1n) is 3.88. The SMILES string of the molecule is CC(Cc1ccccc1)ONCl. The summed E-state index contributed by atoms with van der Waals surface area (Å²) in [5.41, 5.74) is 1.25. The van der Waals surface area contributed by atoms with Crippen molar-refractivity contribution < 1.29 is 4.84 Å². The van der Waals surface area contributed by atoms with Crippen LogP contribution in [0.1, 0.15) is 12.5 Å². The zero-order chi connectivity index (χ0) is 8.81. The summed E-state index contributed by atoms with van der Waals surface area (Å²) in [6, 6.07) is 10.1. The van der Waals surface area contributed by atoms with E-state index < -0.39 is 0 Å². The van der Waals surface area contributed by atoms with Crippen LogP contribution < -0.4 is 5.00 Å². The zero-order valence-electron chi connectivity index (χ0n) is 6.96. The lowest BCUT2D eigenvalue weighted by molar-refractivity contribution is 0.0310. The third-order valence-electron chi connectivity index (χ3n) is 1.61. The average molecular weight is 186 g/mol. The highest BCUT2D eigenvalue weighted by atomic mass is 35.5. The van der Waals surface area contributed by atoms with Gasteiger partial charge in [-0.3, -0.25) is 4.84 Å². The van der Waals surface area contributed by atoms with Crippen molar-refractivity contribution in [3.63, 3.8) is 0 Å². The number of benzene rings is 1. The molecule has 0 fully saturated rings. The second-order valence-electron chi connectivity index (χ2n) is 2.70. The highest BCUT2D eigenvalue weighted by Crippen LogP contribution is 2.04. The fourth-order valence-corrected chi connectivity index (χ4v) is 1.22. The Hall–Kier alpha value is -0.570. The van der Waals surface area contributed by atoms with E-state index in [1.54, 1.807) is 0 Å². The maximum absolute atomic E-state index is 5.19. The van der Waals surface area contributed by atoms with Gasteiger partial charge in [0.1, 0.15) is 0 Å². The molecule has 1 rings (SSSR count). The van der Waals surface area contributed by atoms with Crippen molar-refractivity contribution in [3.05, 3.63) is 35.9 Å². The topological polar surface area (TPSA) is 21.3 Å². The van der Waals surface area contributed by atoms with Crippen LogP contribution in [0.5, 0.6) is 0 Å². The molecule has 0 aliphatic heterocycles. The number of nitrogens with one attached hydrogen (secondary N) is 1. The third kappa shape index (κ3) is 3.22. The summed E-state index contributed by atoms with van der Waals surface area (Å²) in [7, 11) is 0. The van der Waals surface area contributed by atoms with Gasteiger partial charge in [0.25, 0.3) is 0 Å².